The van der Waals surface area contributed by atoms with Crippen LogP contribution in [0.5, 0.6) is 0 Å². The number of morpholine rings is 1. The highest BCUT2D eigenvalue weighted by atomic mass is 19.4. The number of pyridine rings is 2. The molecule has 0 radical (unpaired) electrons. The van der Waals surface area contributed by atoms with Crippen molar-refractivity contribution in [3.8, 4) is 11.3 Å². The molecule has 1 unspecified atom stereocenters. The standard InChI is InChI=1S/C25H26F3N5O.C6H14N2.C2H6/c1-14-2-3-15(13-31-14)23-18-10-16(33-6-8-34-9-7-33)4-5-17(18)22-19(12-29)21(30)11-20(24(22)32-23)25(26,27)28;1-4-7-5-6-8(2)3;1-2/h2-3,11-13,16,29H,4-10,30H2,1H3;4,7H,1,5-6H2,2-3H3;1-2H3. The molecule has 4 N–H and O–H groups in total. The molecule has 2 aromatic heterocycles. The fraction of sp³-hybridized carbons (Fsp3) is 0.485. The van der Waals surface area contributed by atoms with E-state index in [-0.39, 0.29) is 17.2 Å². The molecule has 1 saturated heterocycles. The molecule has 0 saturated carbocycles. The van der Waals surface area contributed by atoms with Crippen LogP contribution >= 0.6 is 0 Å². The molecule has 8 nitrogen and oxygen atoms in total. The number of rotatable bonds is 7. The van der Waals surface area contributed by atoms with Gasteiger partial charge in [-0.2, -0.15) is 13.2 Å². The van der Waals surface area contributed by atoms with Crippen molar-refractivity contribution in [2.75, 3.05) is 59.2 Å². The number of fused-ring (bicyclic) bond motifs is 3. The average molecular weight is 614 g/mol. The number of halogens is 3. The summed E-state index contributed by atoms with van der Waals surface area (Å²) >= 11 is 0. The minimum absolute atomic E-state index is 0.0566. The maximum atomic E-state index is 14.1. The van der Waals surface area contributed by atoms with Crippen LogP contribution in [0.2, 0.25) is 0 Å². The number of nitrogens with one attached hydrogen (secondary N) is 2. The van der Waals surface area contributed by atoms with Crippen LogP contribution < -0.4 is 11.1 Å². The van der Waals surface area contributed by atoms with Crippen LogP contribution in [0.3, 0.4) is 0 Å². The highest BCUT2D eigenvalue weighted by Crippen LogP contribution is 2.43. The van der Waals surface area contributed by atoms with Gasteiger partial charge in [0.2, 0.25) is 0 Å². The van der Waals surface area contributed by atoms with Gasteiger partial charge in [0.15, 0.2) is 0 Å². The second-order valence-corrected chi connectivity index (χ2v) is 10.9. The zero-order valence-electron chi connectivity index (χ0n) is 26.5. The summed E-state index contributed by atoms with van der Waals surface area (Å²) in [5.74, 6) is 0. The lowest BCUT2D eigenvalue weighted by Crippen LogP contribution is -2.46. The summed E-state index contributed by atoms with van der Waals surface area (Å²) in [7, 11) is 4.09. The molecular weight excluding hydrogens is 567 g/mol. The maximum Gasteiger partial charge on any atom is 0.418 e. The molecule has 44 heavy (non-hydrogen) atoms. The van der Waals surface area contributed by atoms with E-state index in [1.54, 1.807) is 12.4 Å². The number of nitrogens with two attached hydrogens (primary N) is 1. The Morgan fingerprint density at radius 1 is 1.20 bits per heavy atom. The van der Waals surface area contributed by atoms with E-state index in [0.29, 0.717) is 48.3 Å². The van der Waals surface area contributed by atoms with Crippen molar-refractivity contribution in [3.63, 3.8) is 0 Å². The van der Waals surface area contributed by atoms with Crippen LogP contribution in [0.25, 0.3) is 22.2 Å². The second kappa shape index (κ2) is 16.0. The number of likely N-dealkylation sites (N-methyl/N-ethyl adjacent to an activating group) is 1. The predicted molar refractivity (Wildman–Crippen MR) is 173 cm³/mol. The van der Waals surface area contributed by atoms with E-state index < -0.39 is 11.7 Å². The summed E-state index contributed by atoms with van der Waals surface area (Å²) in [5, 5.41) is 11.3. The van der Waals surface area contributed by atoms with Gasteiger partial charge in [-0.1, -0.05) is 20.4 Å². The lowest BCUT2D eigenvalue weighted by atomic mass is 9.81. The topological polar surface area (TPSA) is 103 Å². The molecule has 240 valence electrons. The van der Waals surface area contributed by atoms with E-state index in [0.717, 1.165) is 61.7 Å². The molecule has 0 spiro atoms. The van der Waals surface area contributed by atoms with E-state index in [4.69, 9.17) is 15.9 Å². The van der Waals surface area contributed by atoms with Crippen molar-refractivity contribution in [2.45, 2.75) is 52.3 Å². The number of nitrogen functional groups attached to an aromatic ring is 1. The van der Waals surface area contributed by atoms with Gasteiger partial charge < -0.3 is 26.1 Å². The molecule has 1 fully saturated rings. The number of nitrogens with zero attached hydrogens (tertiary/aromatic N) is 4. The summed E-state index contributed by atoms with van der Waals surface area (Å²) in [5.41, 5.74) is 9.00. The minimum atomic E-state index is -4.62. The molecule has 3 aromatic rings. The van der Waals surface area contributed by atoms with Crippen molar-refractivity contribution in [2.24, 2.45) is 0 Å². The lowest BCUT2D eigenvalue weighted by Gasteiger charge is -2.38. The Kier molecular flexibility index (Phi) is 12.7. The Morgan fingerprint density at radius 3 is 2.48 bits per heavy atom. The van der Waals surface area contributed by atoms with Gasteiger partial charge in [0, 0.05) is 72.5 Å². The largest absolute Gasteiger partial charge is 0.418 e. The van der Waals surface area contributed by atoms with Gasteiger partial charge in [-0.3, -0.25) is 9.88 Å². The van der Waals surface area contributed by atoms with Crippen molar-refractivity contribution in [1.29, 1.82) is 5.41 Å². The molecule has 1 aliphatic carbocycles. The highest BCUT2D eigenvalue weighted by Gasteiger charge is 2.37. The Bertz CT molecular complexity index is 1400. The summed E-state index contributed by atoms with van der Waals surface area (Å²) in [4.78, 5) is 13.5. The molecule has 0 bridgehead atoms. The van der Waals surface area contributed by atoms with E-state index in [1.807, 2.05) is 47.0 Å². The van der Waals surface area contributed by atoms with Gasteiger partial charge in [0.25, 0.3) is 0 Å². The third kappa shape index (κ3) is 8.34. The number of hydrogen-bond acceptors (Lipinski definition) is 8. The molecule has 1 aromatic carbocycles. The summed E-state index contributed by atoms with van der Waals surface area (Å²) < 4.78 is 47.7. The normalized spacial score (nSPS) is 16.7. The zero-order chi connectivity index (χ0) is 32.4. The summed E-state index contributed by atoms with van der Waals surface area (Å²) in [6, 6.07) is 4.85. The van der Waals surface area contributed by atoms with E-state index >= 15 is 0 Å². The molecule has 1 aliphatic heterocycles. The van der Waals surface area contributed by atoms with Crippen LogP contribution in [0.1, 0.15) is 48.2 Å². The van der Waals surface area contributed by atoms with E-state index in [2.05, 4.69) is 31.7 Å². The molecule has 3 heterocycles. The molecule has 1 atom stereocenters. The van der Waals surface area contributed by atoms with Crippen LogP contribution in [0.15, 0.2) is 37.2 Å². The van der Waals surface area contributed by atoms with E-state index in [1.165, 1.54) is 0 Å². The van der Waals surface area contributed by atoms with Crippen LogP contribution in [0.4, 0.5) is 18.9 Å². The first-order chi connectivity index (χ1) is 21.0. The number of hydrogen-bond donors (Lipinski definition) is 3. The third-order valence-corrected chi connectivity index (χ3v) is 7.76. The predicted octanol–water partition coefficient (Wildman–Crippen LogP) is 5.70. The summed E-state index contributed by atoms with van der Waals surface area (Å²) in [6.07, 6.45) is 1.86. The quantitative estimate of drug-likeness (QED) is 0.178. The van der Waals surface area contributed by atoms with Gasteiger partial charge in [-0.05, 0) is 75.8 Å². The fourth-order valence-corrected chi connectivity index (χ4v) is 5.61. The van der Waals surface area contributed by atoms with Gasteiger partial charge in [-0.15, -0.1) is 0 Å². The monoisotopic (exact) mass is 613 g/mol. The number of ether oxygens (including phenoxy) is 1. The second-order valence-electron chi connectivity index (χ2n) is 10.9. The molecular formula is C33H46F3N7O. The Hall–Kier alpha value is -3.54. The number of anilines is 1. The van der Waals surface area contributed by atoms with Gasteiger partial charge >= 0.3 is 6.18 Å². The molecule has 11 heteroatoms. The number of aryl methyl sites for hydroxylation is 2. The highest BCUT2D eigenvalue weighted by molar-refractivity contribution is 6.07. The first-order valence-electron chi connectivity index (χ1n) is 15.1. The third-order valence-electron chi connectivity index (χ3n) is 7.76. The van der Waals surface area contributed by atoms with Crippen molar-refractivity contribution >= 4 is 22.8 Å². The lowest BCUT2D eigenvalue weighted by molar-refractivity contribution is -0.136. The van der Waals surface area contributed by atoms with E-state index in [9.17, 15) is 13.2 Å². The Labute approximate surface area is 259 Å². The zero-order valence-corrected chi connectivity index (χ0v) is 26.5. The molecule has 2 aliphatic rings. The van der Waals surface area contributed by atoms with Crippen LogP contribution in [-0.4, -0.2) is 85.5 Å². The smallest absolute Gasteiger partial charge is 0.398 e. The van der Waals surface area contributed by atoms with Crippen molar-refractivity contribution in [1.82, 2.24) is 25.1 Å². The first kappa shape index (κ1) is 34.9. The average Bonchev–Trinajstić information content (AvgIpc) is 3.02. The van der Waals surface area contributed by atoms with Crippen LogP contribution in [0, 0.1) is 12.3 Å². The van der Waals surface area contributed by atoms with Crippen molar-refractivity contribution < 1.29 is 17.9 Å². The Balaban J connectivity index is 0.000000462. The fourth-order valence-electron chi connectivity index (χ4n) is 5.61. The Morgan fingerprint density at radius 2 is 1.91 bits per heavy atom. The summed E-state index contributed by atoms with van der Waals surface area (Å²) in [6.45, 7) is 14.5. The minimum Gasteiger partial charge on any atom is -0.398 e. The maximum absolute atomic E-state index is 14.1. The van der Waals surface area contributed by atoms with Gasteiger partial charge in [-0.25, -0.2) is 4.98 Å². The van der Waals surface area contributed by atoms with Crippen LogP contribution in [-0.2, 0) is 23.8 Å². The SMILES string of the molecule is C=CNCCN(C)C.CC.Cc1ccc(-c2nc3c(C(F)(F)F)cc(N)c(C=N)c3c3c2CC(N2CCOCC2)CC3)cn1. The van der Waals surface area contributed by atoms with Gasteiger partial charge in [0.05, 0.1) is 30.0 Å². The number of alkyl halides is 3. The van der Waals surface area contributed by atoms with Gasteiger partial charge in [0.1, 0.15) is 0 Å². The number of aromatic nitrogens is 2. The first-order valence-corrected chi connectivity index (χ1v) is 15.1. The molecule has 5 rings (SSSR count). The van der Waals surface area contributed by atoms with Crippen molar-refractivity contribution in [3.05, 3.63) is 65.1 Å². The molecule has 0 amide bonds. The number of benzene rings is 1.